The van der Waals surface area contributed by atoms with Crippen LogP contribution in [0.15, 0.2) is 42.9 Å². The van der Waals surface area contributed by atoms with Gasteiger partial charge in [0.25, 0.3) is 0 Å². The molecule has 0 spiro atoms. The van der Waals surface area contributed by atoms with E-state index in [-0.39, 0.29) is 12.4 Å². The molecule has 0 N–H and O–H groups in total. The smallest absolute Gasteiger partial charge is 0.410 e. The van der Waals surface area contributed by atoms with Gasteiger partial charge in [-0.3, -0.25) is 0 Å². The van der Waals surface area contributed by atoms with Crippen molar-refractivity contribution < 1.29 is 19.0 Å². The van der Waals surface area contributed by atoms with E-state index in [9.17, 15) is 4.79 Å². The molecule has 1 aromatic rings. The number of piperidine rings is 1. The van der Waals surface area contributed by atoms with Crippen LogP contribution >= 0.6 is 0 Å². The van der Waals surface area contributed by atoms with Gasteiger partial charge in [-0.1, -0.05) is 30.3 Å². The van der Waals surface area contributed by atoms with Crippen LogP contribution in [0.2, 0.25) is 0 Å². The number of nitrogens with zero attached hydrogens (tertiary/aromatic N) is 1. The second-order valence-electron chi connectivity index (χ2n) is 5.28. The quantitative estimate of drug-likeness (QED) is 0.858. The first-order valence-electron chi connectivity index (χ1n) is 7.24. The summed E-state index contributed by atoms with van der Waals surface area (Å²) in [5, 5.41) is 0. The summed E-state index contributed by atoms with van der Waals surface area (Å²) in [5.41, 5.74) is 1.000. The highest BCUT2D eigenvalue weighted by Crippen LogP contribution is 2.26. The zero-order chi connectivity index (χ0) is 14.5. The molecular weight excluding hydrogens is 270 g/mol. The standard InChI is InChI=1S/C16H19NO4/c18-16(21-12-13-4-2-1-3-5-13)17-8-6-14(7-9-17)15-19-10-11-20-15/h1-5,10-11,14-15H,6-9,12H2. The molecule has 5 nitrogen and oxygen atoms in total. The van der Waals surface area contributed by atoms with Gasteiger partial charge in [0.15, 0.2) is 0 Å². The average Bonchev–Trinajstić information content (AvgIpc) is 3.08. The van der Waals surface area contributed by atoms with Gasteiger partial charge in [-0.05, 0) is 18.4 Å². The summed E-state index contributed by atoms with van der Waals surface area (Å²) >= 11 is 0. The molecule has 0 unspecified atom stereocenters. The van der Waals surface area contributed by atoms with E-state index in [0.29, 0.717) is 25.6 Å². The molecule has 0 radical (unpaired) electrons. The van der Waals surface area contributed by atoms with E-state index in [4.69, 9.17) is 14.2 Å². The van der Waals surface area contributed by atoms with Gasteiger partial charge in [-0.2, -0.15) is 0 Å². The Kier molecular flexibility index (Phi) is 4.28. The van der Waals surface area contributed by atoms with Crippen LogP contribution in [0.3, 0.4) is 0 Å². The van der Waals surface area contributed by atoms with Crippen molar-refractivity contribution >= 4 is 6.09 Å². The lowest BCUT2D eigenvalue weighted by Gasteiger charge is -2.32. The Morgan fingerprint density at radius 3 is 2.48 bits per heavy atom. The fraction of sp³-hybridized carbons (Fsp3) is 0.438. The fourth-order valence-electron chi connectivity index (χ4n) is 2.64. The van der Waals surface area contributed by atoms with Crippen LogP contribution < -0.4 is 0 Å². The van der Waals surface area contributed by atoms with Crippen molar-refractivity contribution in [3.63, 3.8) is 0 Å². The van der Waals surface area contributed by atoms with Crippen molar-refractivity contribution in [2.45, 2.75) is 25.7 Å². The van der Waals surface area contributed by atoms with Crippen molar-refractivity contribution in [2.24, 2.45) is 5.92 Å². The monoisotopic (exact) mass is 289 g/mol. The molecule has 1 amide bonds. The zero-order valence-corrected chi connectivity index (χ0v) is 11.8. The van der Waals surface area contributed by atoms with Crippen molar-refractivity contribution in [1.29, 1.82) is 0 Å². The van der Waals surface area contributed by atoms with E-state index in [0.717, 1.165) is 18.4 Å². The van der Waals surface area contributed by atoms with Crippen LogP contribution in [0.1, 0.15) is 18.4 Å². The Balaban J connectivity index is 1.42. The number of rotatable bonds is 3. The van der Waals surface area contributed by atoms with E-state index in [1.807, 2.05) is 30.3 Å². The first kappa shape index (κ1) is 13.8. The predicted octanol–water partition coefficient (Wildman–Crippen LogP) is 2.88. The van der Waals surface area contributed by atoms with Crippen molar-refractivity contribution in [3.05, 3.63) is 48.4 Å². The third-order valence-electron chi connectivity index (χ3n) is 3.87. The number of amides is 1. The SMILES string of the molecule is O=C(OCc1ccccc1)N1CCC(C2OC=CO2)CC1. The van der Waals surface area contributed by atoms with Gasteiger partial charge in [0.2, 0.25) is 6.29 Å². The molecule has 5 heteroatoms. The molecular formula is C16H19NO4. The minimum Gasteiger partial charge on any atom is -0.459 e. The molecule has 1 fully saturated rings. The summed E-state index contributed by atoms with van der Waals surface area (Å²) in [5.74, 6) is 0.332. The Morgan fingerprint density at radius 2 is 1.81 bits per heavy atom. The zero-order valence-electron chi connectivity index (χ0n) is 11.8. The molecule has 3 rings (SSSR count). The lowest BCUT2D eigenvalue weighted by Crippen LogP contribution is -2.41. The summed E-state index contributed by atoms with van der Waals surface area (Å²) < 4.78 is 16.1. The van der Waals surface area contributed by atoms with Crippen molar-refractivity contribution in [2.75, 3.05) is 13.1 Å². The molecule has 2 aliphatic rings. The minimum atomic E-state index is -0.247. The number of hydrogen-bond acceptors (Lipinski definition) is 4. The number of carbonyl (C=O) groups is 1. The summed E-state index contributed by atoms with van der Waals surface area (Å²) in [6, 6.07) is 9.70. The summed E-state index contributed by atoms with van der Waals surface area (Å²) in [6.45, 7) is 1.68. The molecule has 1 aromatic carbocycles. The van der Waals surface area contributed by atoms with E-state index >= 15 is 0 Å². The molecule has 2 heterocycles. The first-order valence-corrected chi connectivity index (χ1v) is 7.24. The molecule has 21 heavy (non-hydrogen) atoms. The maximum Gasteiger partial charge on any atom is 0.410 e. The molecule has 0 aromatic heterocycles. The van der Waals surface area contributed by atoms with Crippen LogP contribution in [0.25, 0.3) is 0 Å². The van der Waals surface area contributed by atoms with E-state index < -0.39 is 0 Å². The highest BCUT2D eigenvalue weighted by molar-refractivity contribution is 5.67. The van der Waals surface area contributed by atoms with Crippen LogP contribution in [-0.4, -0.2) is 30.4 Å². The number of carbonyl (C=O) groups excluding carboxylic acids is 1. The van der Waals surface area contributed by atoms with Crippen LogP contribution in [0, 0.1) is 5.92 Å². The van der Waals surface area contributed by atoms with E-state index in [1.165, 1.54) is 0 Å². The molecule has 112 valence electrons. The number of hydrogen-bond donors (Lipinski definition) is 0. The van der Waals surface area contributed by atoms with Crippen molar-refractivity contribution in [1.82, 2.24) is 4.90 Å². The normalized spacial score (nSPS) is 19.1. The molecule has 0 bridgehead atoms. The Morgan fingerprint density at radius 1 is 1.14 bits per heavy atom. The maximum atomic E-state index is 12.0. The van der Waals surface area contributed by atoms with E-state index in [2.05, 4.69) is 0 Å². The number of ether oxygens (including phenoxy) is 3. The largest absolute Gasteiger partial charge is 0.459 e. The second kappa shape index (κ2) is 6.52. The summed E-state index contributed by atoms with van der Waals surface area (Å²) in [6.07, 6.45) is 4.45. The third kappa shape index (κ3) is 3.48. The van der Waals surface area contributed by atoms with Gasteiger partial charge < -0.3 is 19.1 Å². The molecule has 1 saturated heterocycles. The van der Waals surface area contributed by atoms with Gasteiger partial charge in [0.05, 0.1) is 0 Å². The van der Waals surface area contributed by atoms with Gasteiger partial charge in [-0.15, -0.1) is 0 Å². The third-order valence-corrected chi connectivity index (χ3v) is 3.87. The number of benzene rings is 1. The summed E-state index contributed by atoms with van der Waals surface area (Å²) in [7, 11) is 0. The average molecular weight is 289 g/mol. The Hall–Kier alpha value is -2.17. The van der Waals surface area contributed by atoms with E-state index in [1.54, 1.807) is 17.4 Å². The highest BCUT2D eigenvalue weighted by atomic mass is 16.7. The van der Waals surface area contributed by atoms with Gasteiger partial charge in [-0.25, -0.2) is 4.79 Å². The lowest BCUT2D eigenvalue weighted by atomic mass is 9.96. The van der Waals surface area contributed by atoms with Gasteiger partial charge >= 0.3 is 6.09 Å². The van der Waals surface area contributed by atoms with Gasteiger partial charge in [0, 0.05) is 19.0 Å². The van der Waals surface area contributed by atoms with Crippen LogP contribution in [0.4, 0.5) is 4.79 Å². The molecule has 0 atom stereocenters. The molecule has 2 aliphatic heterocycles. The maximum absolute atomic E-state index is 12.0. The lowest BCUT2D eigenvalue weighted by molar-refractivity contribution is -0.0815. The Bertz CT molecular complexity index is 486. The molecule has 0 aliphatic carbocycles. The first-order chi connectivity index (χ1) is 10.3. The van der Waals surface area contributed by atoms with Crippen molar-refractivity contribution in [3.8, 4) is 0 Å². The minimum absolute atomic E-state index is 0.188. The summed E-state index contributed by atoms with van der Waals surface area (Å²) in [4.78, 5) is 13.8. The topological polar surface area (TPSA) is 48.0 Å². The Labute approximate surface area is 124 Å². The van der Waals surface area contributed by atoms with Gasteiger partial charge in [0.1, 0.15) is 19.1 Å². The molecule has 0 saturated carbocycles. The second-order valence-corrected chi connectivity index (χ2v) is 5.28. The predicted molar refractivity (Wildman–Crippen MR) is 76.0 cm³/mol. The van der Waals surface area contributed by atoms with Crippen LogP contribution in [-0.2, 0) is 20.8 Å². The number of likely N-dealkylation sites (tertiary alicyclic amines) is 1. The van der Waals surface area contributed by atoms with Crippen LogP contribution in [0.5, 0.6) is 0 Å². The fourth-order valence-corrected chi connectivity index (χ4v) is 2.64. The highest BCUT2D eigenvalue weighted by Gasteiger charge is 2.31.